The molecule has 4 heterocycles. The molecule has 34 heavy (non-hydrogen) atoms. The van der Waals surface area contributed by atoms with Gasteiger partial charge >= 0.3 is 0 Å². The van der Waals surface area contributed by atoms with Crippen LogP contribution >= 0.6 is 0 Å². The molecule has 0 bridgehead atoms. The van der Waals surface area contributed by atoms with Crippen molar-refractivity contribution >= 4 is 17.3 Å². The molecular formula is C25H37N7O2. The molecule has 2 saturated heterocycles. The second-order valence-corrected chi connectivity index (χ2v) is 9.72. The number of fused-ring (bicyclic) bond motifs is 1. The van der Waals surface area contributed by atoms with E-state index in [1.165, 1.54) is 0 Å². The van der Waals surface area contributed by atoms with Crippen molar-refractivity contribution in [1.29, 1.82) is 5.26 Å². The molecule has 3 aliphatic rings. The van der Waals surface area contributed by atoms with Gasteiger partial charge in [0.05, 0.1) is 42.1 Å². The van der Waals surface area contributed by atoms with Gasteiger partial charge in [0.1, 0.15) is 11.6 Å². The number of hydrogen-bond acceptors (Lipinski definition) is 8. The number of piperidine rings is 1. The monoisotopic (exact) mass is 467 g/mol. The number of likely N-dealkylation sites (tertiary alicyclic amines) is 1. The second-order valence-electron chi connectivity index (χ2n) is 9.72. The number of rotatable bonds is 7. The molecule has 0 aromatic carbocycles. The number of carbonyl (C=O) groups excluding carboxylic acids is 1. The fourth-order valence-electron chi connectivity index (χ4n) is 5.34. The number of nitriles is 1. The Bertz CT molecular complexity index is 941. The molecule has 1 N–H and O–H groups in total. The van der Waals surface area contributed by atoms with Gasteiger partial charge in [-0.3, -0.25) is 19.6 Å². The summed E-state index contributed by atoms with van der Waals surface area (Å²) in [6, 6.07) is 4.29. The van der Waals surface area contributed by atoms with Gasteiger partial charge in [-0.1, -0.05) is 0 Å². The van der Waals surface area contributed by atoms with Crippen LogP contribution in [-0.2, 0) is 9.53 Å². The van der Waals surface area contributed by atoms with E-state index in [1.807, 2.05) is 11.0 Å². The van der Waals surface area contributed by atoms with E-state index in [9.17, 15) is 10.1 Å². The summed E-state index contributed by atoms with van der Waals surface area (Å²) < 4.78 is 5.25. The second kappa shape index (κ2) is 10.7. The summed E-state index contributed by atoms with van der Waals surface area (Å²) in [6.07, 6.45) is 6.68. The average Bonchev–Trinajstić information content (AvgIpc) is 3.29. The smallest absolute Gasteiger partial charge is 0.266 e. The lowest BCUT2D eigenvalue weighted by atomic mass is 9.90. The van der Waals surface area contributed by atoms with E-state index in [-0.39, 0.29) is 11.5 Å². The van der Waals surface area contributed by atoms with Crippen LogP contribution in [0.3, 0.4) is 0 Å². The van der Waals surface area contributed by atoms with Crippen molar-refractivity contribution in [3.05, 3.63) is 29.7 Å². The zero-order valence-corrected chi connectivity index (χ0v) is 20.7. The number of piperazine rings is 1. The van der Waals surface area contributed by atoms with Crippen molar-refractivity contribution in [2.75, 3.05) is 76.4 Å². The number of hydrogen-bond donors (Lipinski definition) is 1. The first kappa shape index (κ1) is 24.5. The van der Waals surface area contributed by atoms with E-state index in [1.54, 1.807) is 19.5 Å². The van der Waals surface area contributed by atoms with E-state index in [4.69, 9.17) is 4.74 Å². The minimum Gasteiger partial charge on any atom is -0.383 e. The van der Waals surface area contributed by atoms with Crippen LogP contribution in [-0.4, -0.2) is 97.3 Å². The molecule has 9 nitrogen and oxygen atoms in total. The van der Waals surface area contributed by atoms with Crippen molar-refractivity contribution in [2.24, 2.45) is 0 Å². The van der Waals surface area contributed by atoms with Crippen molar-refractivity contribution < 1.29 is 9.53 Å². The lowest BCUT2D eigenvalue weighted by molar-refractivity contribution is -0.127. The first-order chi connectivity index (χ1) is 16.5. The molecule has 1 aromatic heterocycles. The van der Waals surface area contributed by atoms with Crippen molar-refractivity contribution in [1.82, 2.24) is 19.7 Å². The van der Waals surface area contributed by atoms with Gasteiger partial charge in [0.25, 0.3) is 5.91 Å². The quantitative estimate of drug-likeness (QED) is 0.482. The van der Waals surface area contributed by atoms with Crippen LogP contribution in [0.5, 0.6) is 0 Å². The Labute approximate surface area is 202 Å². The van der Waals surface area contributed by atoms with Gasteiger partial charge in [0, 0.05) is 59.1 Å². The summed E-state index contributed by atoms with van der Waals surface area (Å²) in [5.74, 6) is -0.147. The fraction of sp³-hybridized carbons (Fsp3) is 0.640. The Morgan fingerprint density at radius 1 is 1.18 bits per heavy atom. The van der Waals surface area contributed by atoms with Gasteiger partial charge in [0.15, 0.2) is 0 Å². The van der Waals surface area contributed by atoms with Crippen molar-refractivity contribution in [3.8, 4) is 6.07 Å². The van der Waals surface area contributed by atoms with Gasteiger partial charge in [-0.2, -0.15) is 5.26 Å². The molecule has 0 aliphatic carbocycles. The number of nitrogens with zero attached hydrogens (tertiary/aromatic N) is 6. The summed E-state index contributed by atoms with van der Waals surface area (Å²) in [5, 5.41) is 13.7. The number of nitrogens with one attached hydrogen (secondary N) is 1. The van der Waals surface area contributed by atoms with E-state index in [0.29, 0.717) is 19.8 Å². The van der Waals surface area contributed by atoms with Gasteiger partial charge in [-0.25, -0.2) is 0 Å². The third kappa shape index (κ3) is 4.90. The molecule has 0 saturated carbocycles. The highest BCUT2D eigenvalue weighted by atomic mass is 16.5. The third-order valence-electron chi connectivity index (χ3n) is 7.35. The number of aromatic nitrogens is 1. The summed E-state index contributed by atoms with van der Waals surface area (Å²) >= 11 is 0. The van der Waals surface area contributed by atoms with E-state index in [2.05, 4.69) is 44.9 Å². The highest BCUT2D eigenvalue weighted by Gasteiger charge is 2.42. The molecule has 0 atom stereocenters. The Balaban J connectivity index is 1.70. The number of pyridine rings is 1. The molecule has 1 aromatic rings. The maximum absolute atomic E-state index is 13.7. The van der Waals surface area contributed by atoms with E-state index < -0.39 is 5.54 Å². The first-order valence-corrected chi connectivity index (χ1v) is 12.3. The van der Waals surface area contributed by atoms with Gasteiger partial charge in [-0.05, 0) is 39.2 Å². The third-order valence-corrected chi connectivity index (χ3v) is 7.35. The molecule has 0 unspecified atom stereocenters. The number of amides is 1. The molecular weight excluding hydrogens is 430 g/mol. The summed E-state index contributed by atoms with van der Waals surface area (Å²) in [6.45, 7) is 11.5. The molecule has 0 radical (unpaired) electrons. The lowest BCUT2D eigenvalue weighted by Crippen LogP contribution is -2.58. The molecule has 3 aliphatic heterocycles. The standard InChI is InChI=1S/C25H37N7O2/c1-25(2,31-13-11-29(12-14-31)15-16-34-3)23(32-19-28-21-18-27-8-7-22(21)32)20(17-26)24(33)30-9-5-4-6-10-30/h7-8,18,28H,4-6,9-16,19H2,1-3H3. The minimum atomic E-state index is -0.517. The van der Waals surface area contributed by atoms with Crippen LogP contribution in [0.1, 0.15) is 33.1 Å². The SMILES string of the molecule is COCCN1CCN(C(C)(C)C(=C(C#N)C(=O)N2CCCCC2)N2CNc3cnccc32)CC1. The average molecular weight is 468 g/mol. The topological polar surface area (TPSA) is 88.0 Å². The predicted octanol–water partition coefficient (Wildman–Crippen LogP) is 2.10. The molecule has 184 valence electrons. The van der Waals surface area contributed by atoms with Crippen LogP contribution in [0.2, 0.25) is 0 Å². The van der Waals surface area contributed by atoms with Crippen LogP contribution < -0.4 is 10.2 Å². The number of ether oxygens (including phenoxy) is 1. The van der Waals surface area contributed by atoms with Crippen molar-refractivity contribution in [2.45, 2.75) is 38.6 Å². The largest absolute Gasteiger partial charge is 0.383 e. The van der Waals surface area contributed by atoms with Crippen LogP contribution in [0.4, 0.5) is 11.4 Å². The van der Waals surface area contributed by atoms with E-state index >= 15 is 0 Å². The van der Waals surface area contributed by atoms with Crippen LogP contribution in [0, 0.1) is 11.3 Å². The normalized spacial score (nSPS) is 20.4. The fourth-order valence-corrected chi connectivity index (χ4v) is 5.34. The zero-order chi connectivity index (χ0) is 24.1. The van der Waals surface area contributed by atoms with Gasteiger partial charge in [0.2, 0.25) is 0 Å². The van der Waals surface area contributed by atoms with E-state index in [0.717, 1.165) is 75.7 Å². The molecule has 9 heteroatoms. The lowest BCUT2D eigenvalue weighted by Gasteiger charge is -2.47. The first-order valence-electron chi connectivity index (χ1n) is 12.3. The molecule has 0 spiro atoms. The Morgan fingerprint density at radius 2 is 1.91 bits per heavy atom. The predicted molar refractivity (Wildman–Crippen MR) is 132 cm³/mol. The molecule has 4 rings (SSSR count). The van der Waals surface area contributed by atoms with Crippen molar-refractivity contribution in [3.63, 3.8) is 0 Å². The molecule has 1 amide bonds. The highest BCUT2D eigenvalue weighted by Crippen LogP contribution is 2.40. The minimum absolute atomic E-state index is 0.147. The van der Waals surface area contributed by atoms with Crippen LogP contribution in [0.25, 0.3) is 0 Å². The molecule has 2 fully saturated rings. The van der Waals surface area contributed by atoms with Gasteiger partial charge in [-0.15, -0.1) is 0 Å². The summed E-state index contributed by atoms with van der Waals surface area (Å²) in [4.78, 5) is 26.7. The summed E-state index contributed by atoms with van der Waals surface area (Å²) in [5.41, 5.74) is 2.38. The Kier molecular flexibility index (Phi) is 7.71. The maximum Gasteiger partial charge on any atom is 0.266 e. The Hall–Kier alpha value is -2.67. The summed E-state index contributed by atoms with van der Waals surface area (Å²) in [7, 11) is 1.73. The van der Waals surface area contributed by atoms with Crippen LogP contribution in [0.15, 0.2) is 29.7 Å². The number of anilines is 2. The highest BCUT2D eigenvalue weighted by molar-refractivity contribution is 5.99. The Morgan fingerprint density at radius 3 is 2.59 bits per heavy atom. The number of methoxy groups -OCH3 is 1. The number of carbonyl (C=O) groups is 1. The zero-order valence-electron chi connectivity index (χ0n) is 20.7. The maximum atomic E-state index is 13.7. The van der Waals surface area contributed by atoms with Gasteiger partial charge < -0.3 is 19.9 Å².